The highest BCUT2D eigenvalue weighted by Gasteiger charge is 2.12. The van der Waals surface area contributed by atoms with Gasteiger partial charge in [-0.3, -0.25) is 4.79 Å². The van der Waals surface area contributed by atoms with E-state index in [1.807, 2.05) is 0 Å². The molecule has 0 aromatic heterocycles. The van der Waals surface area contributed by atoms with Crippen LogP contribution in [0.3, 0.4) is 0 Å². The van der Waals surface area contributed by atoms with Crippen LogP contribution in [0.2, 0.25) is 5.02 Å². The molecule has 1 amide bonds. The van der Waals surface area contributed by atoms with Crippen LogP contribution in [0.25, 0.3) is 0 Å². The molecule has 0 saturated heterocycles. The lowest BCUT2D eigenvalue weighted by Gasteiger charge is -2.07. The van der Waals surface area contributed by atoms with Crippen molar-refractivity contribution in [1.29, 1.82) is 0 Å². The summed E-state index contributed by atoms with van der Waals surface area (Å²) in [6, 6.07) is 5.22. The number of hydrogen-bond acceptors (Lipinski definition) is 2. The van der Waals surface area contributed by atoms with Gasteiger partial charge in [0.1, 0.15) is 0 Å². The van der Waals surface area contributed by atoms with Gasteiger partial charge in [-0.25, -0.2) is 0 Å². The van der Waals surface area contributed by atoms with Crippen molar-refractivity contribution < 1.29 is 9.90 Å². The molecule has 0 radical (unpaired) electrons. The van der Waals surface area contributed by atoms with Gasteiger partial charge in [0.15, 0.2) is 0 Å². The molecule has 0 heterocycles. The Morgan fingerprint density at radius 1 is 1.44 bits per heavy atom. The molecule has 0 unspecified atom stereocenters. The second-order valence-corrected chi connectivity index (χ2v) is 4.54. The lowest BCUT2D eigenvalue weighted by atomic mass is 10.2. The average Bonchev–Trinajstić information content (AvgIpc) is 2.24. The molecule has 0 aliphatic rings. The zero-order valence-electron chi connectivity index (χ0n) is 8.67. The highest BCUT2D eigenvalue weighted by atomic mass is 79.9. The Labute approximate surface area is 108 Å². The number of hydrogen-bond donors (Lipinski definition) is 2. The van der Waals surface area contributed by atoms with Crippen molar-refractivity contribution in [1.82, 2.24) is 5.32 Å². The first-order chi connectivity index (χ1) is 7.66. The maximum absolute atomic E-state index is 11.8. The monoisotopic (exact) mass is 305 g/mol. The Morgan fingerprint density at radius 2 is 2.19 bits per heavy atom. The second kappa shape index (κ2) is 6.89. The topological polar surface area (TPSA) is 49.3 Å². The molecule has 1 aromatic carbocycles. The van der Waals surface area contributed by atoms with Crippen molar-refractivity contribution in [3.63, 3.8) is 0 Å². The quantitative estimate of drug-likeness (QED) is 0.822. The average molecular weight is 307 g/mol. The van der Waals surface area contributed by atoms with Gasteiger partial charge in [0.25, 0.3) is 5.91 Å². The predicted octanol–water partition coefficient (Wildman–Crippen LogP) is 2.60. The Hall–Kier alpha value is -0.580. The van der Waals surface area contributed by atoms with E-state index in [1.165, 1.54) is 0 Å². The number of nitrogens with one attached hydrogen (secondary N) is 1. The summed E-state index contributed by atoms with van der Waals surface area (Å²) in [6.45, 7) is 0.683. The Bertz CT molecular complexity index is 351. The lowest BCUT2D eigenvalue weighted by Crippen LogP contribution is -2.25. The van der Waals surface area contributed by atoms with Crippen molar-refractivity contribution >= 4 is 33.4 Å². The largest absolute Gasteiger partial charge is 0.396 e. The molecule has 5 heteroatoms. The minimum absolute atomic E-state index is 0.145. The Balaban J connectivity index is 2.59. The smallest absolute Gasteiger partial charge is 0.253 e. The van der Waals surface area contributed by atoms with Gasteiger partial charge in [0.05, 0.1) is 10.6 Å². The maximum Gasteiger partial charge on any atom is 0.253 e. The van der Waals surface area contributed by atoms with E-state index < -0.39 is 0 Å². The van der Waals surface area contributed by atoms with E-state index in [1.54, 1.807) is 18.2 Å². The summed E-state index contributed by atoms with van der Waals surface area (Å²) in [5.41, 5.74) is 0.452. The van der Waals surface area contributed by atoms with E-state index in [9.17, 15) is 4.79 Å². The van der Waals surface area contributed by atoms with E-state index in [0.29, 0.717) is 28.0 Å². The SMILES string of the molecule is O=C(NCCCCO)c1c(Cl)cccc1Br. The molecule has 1 rings (SSSR count). The molecule has 0 atom stereocenters. The first kappa shape index (κ1) is 13.5. The van der Waals surface area contributed by atoms with E-state index in [0.717, 1.165) is 6.42 Å². The van der Waals surface area contributed by atoms with E-state index >= 15 is 0 Å². The Morgan fingerprint density at radius 3 is 2.81 bits per heavy atom. The number of rotatable bonds is 5. The third-order valence-corrected chi connectivity index (χ3v) is 3.04. The van der Waals surface area contributed by atoms with Crippen molar-refractivity contribution in [3.8, 4) is 0 Å². The zero-order valence-corrected chi connectivity index (χ0v) is 11.0. The van der Waals surface area contributed by atoms with Gasteiger partial charge in [-0.1, -0.05) is 17.7 Å². The van der Waals surface area contributed by atoms with Crippen LogP contribution < -0.4 is 5.32 Å². The van der Waals surface area contributed by atoms with Crippen LogP contribution in [-0.2, 0) is 0 Å². The summed E-state index contributed by atoms with van der Waals surface area (Å²) in [5.74, 6) is -0.199. The number of benzene rings is 1. The van der Waals surface area contributed by atoms with Crippen LogP contribution >= 0.6 is 27.5 Å². The molecule has 0 fully saturated rings. The van der Waals surface area contributed by atoms with Gasteiger partial charge in [-0.15, -0.1) is 0 Å². The van der Waals surface area contributed by atoms with Gasteiger partial charge >= 0.3 is 0 Å². The fraction of sp³-hybridized carbons (Fsp3) is 0.364. The van der Waals surface area contributed by atoms with Gasteiger partial charge in [-0.05, 0) is 40.9 Å². The number of halogens is 2. The van der Waals surface area contributed by atoms with Crippen LogP contribution in [0.4, 0.5) is 0 Å². The first-order valence-electron chi connectivity index (χ1n) is 5.00. The molecule has 1 aromatic rings. The number of carbonyl (C=O) groups is 1. The summed E-state index contributed by atoms with van der Waals surface area (Å²) in [7, 11) is 0. The molecule has 3 nitrogen and oxygen atoms in total. The summed E-state index contributed by atoms with van der Waals surface area (Å²) in [6.07, 6.45) is 1.44. The maximum atomic E-state index is 11.8. The molecular formula is C11H13BrClNO2. The fourth-order valence-electron chi connectivity index (χ4n) is 1.24. The highest BCUT2D eigenvalue weighted by Crippen LogP contribution is 2.24. The van der Waals surface area contributed by atoms with Crippen LogP contribution in [0.15, 0.2) is 22.7 Å². The predicted molar refractivity (Wildman–Crippen MR) is 67.8 cm³/mol. The molecule has 0 bridgehead atoms. The third-order valence-electron chi connectivity index (χ3n) is 2.06. The van der Waals surface area contributed by atoms with E-state index in [4.69, 9.17) is 16.7 Å². The standard InChI is InChI=1S/C11H13BrClNO2/c12-8-4-3-5-9(13)10(8)11(16)14-6-1-2-7-15/h3-5,15H,1-2,6-7H2,(H,14,16). The van der Waals surface area contributed by atoms with Crippen LogP contribution in [-0.4, -0.2) is 24.2 Å². The lowest BCUT2D eigenvalue weighted by molar-refractivity contribution is 0.0951. The zero-order chi connectivity index (χ0) is 12.0. The van der Waals surface area contributed by atoms with Crippen molar-refractivity contribution in [2.24, 2.45) is 0 Å². The molecule has 0 spiro atoms. The molecule has 0 aliphatic heterocycles. The van der Waals surface area contributed by atoms with E-state index in [2.05, 4.69) is 21.2 Å². The fourth-order valence-corrected chi connectivity index (χ4v) is 2.16. The van der Waals surface area contributed by atoms with Crippen molar-refractivity contribution in [2.45, 2.75) is 12.8 Å². The third kappa shape index (κ3) is 3.77. The summed E-state index contributed by atoms with van der Waals surface area (Å²) < 4.78 is 0.680. The highest BCUT2D eigenvalue weighted by molar-refractivity contribution is 9.10. The molecule has 88 valence electrons. The molecular weight excluding hydrogens is 293 g/mol. The number of aliphatic hydroxyl groups is 1. The molecule has 2 N–H and O–H groups in total. The van der Waals surface area contributed by atoms with Gasteiger partial charge in [-0.2, -0.15) is 0 Å². The summed E-state index contributed by atoms with van der Waals surface area (Å²) in [4.78, 5) is 11.8. The van der Waals surface area contributed by atoms with Gasteiger partial charge in [0, 0.05) is 17.6 Å². The minimum atomic E-state index is -0.199. The number of carbonyl (C=O) groups excluding carboxylic acids is 1. The van der Waals surface area contributed by atoms with E-state index in [-0.39, 0.29) is 12.5 Å². The van der Waals surface area contributed by atoms with Crippen LogP contribution in [0, 0.1) is 0 Å². The number of amides is 1. The normalized spacial score (nSPS) is 10.2. The first-order valence-corrected chi connectivity index (χ1v) is 6.17. The van der Waals surface area contributed by atoms with Crippen molar-refractivity contribution in [3.05, 3.63) is 33.3 Å². The van der Waals surface area contributed by atoms with Crippen molar-refractivity contribution in [2.75, 3.05) is 13.2 Å². The minimum Gasteiger partial charge on any atom is -0.396 e. The number of unbranched alkanes of at least 4 members (excludes halogenated alkanes) is 1. The molecule has 0 saturated carbocycles. The summed E-state index contributed by atoms with van der Waals surface area (Å²) >= 11 is 9.22. The second-order valence-electron chi connectivity index (χ2n) is 3.28. The van der Waals surface area contributed by atoms with Gasteiger partial charge < -0.3 is 10.4 Å². The van der Waals surface area contributed by atoms with Crippen LogP contribution in [0.5, 0.6) is 0 Å². The Kier molecular flexibility index (Phi) is 5.80. The molecule has 16 heavy (non-hydrogen) atoms. The number of aliphatic hydroxyl groups excluding tert-OH is 1. The van der Waals surface area contributed by atoms with Gasteiger partial charge in [0.2, 0.25) is 0 Å². The molecule has 0 aliphatic carbocycles. The summed E-state index contributed by atoms with van der Waals surface area (Å²) in [5, 5.41) is 11.8. The van der Waals surface area contributed by atoms with Crippen LogP contribution in [0.1, 0.15) is 23.2 Å².